The molecule has 7 heteroatoms. The molecule has 0 aliphatic heterocycles. The Morgan fingerprint density at radius 2 is 2.47 bits per heavy atom. The van der Waals surface area contributed by atoms with Crippen LogP contribution in [0.4, 0.5) is 5.82 Å². The van der Waals surface area contributed by atoms with Crippen molar-refractivity contribution in [3.63, 3.8) is 0 Å². The number of amidine groups is 1. The number of H-pyrrole nitrogens is 1. The lowest BCUT2D eigenvalue weighted by molar-refractivity contribution is 0.875. The highest BCUT2D eigenvalue weighted by Crippen LogP contribution is 2.17. The number of anilines is 1. The summed E-state index contributed by atoms with van der Waals surface area (Å²) in [7, 11) is 1.79. The van der Waals surface area contributed by atoms with Crippen molar-refractivity contribution in [2.24, 2.45) is 5.73 Å². The van der Waals surface area contributed by atoms with Crippen molar-refractivity contribution in [3.05, 3.63) is 21.2 Å². The van der Waals surface area contributed by atoms with E-state index in [1.54, 1.807) is 11.9 Å². The minimum atomic E-state index is -0.227. The minimum absolute atomic E-state index is 0.114. The Morgan fingerprint density at radius 3 is 3.07 bits per heavy atom. The molecule has 0 radical (unpaired) electrons. The molecule has 82 valence electrons. The van der Waals surface area contributed by atoms with Gasteiger partial charge in [-0.3, -0.25) is 10.2 Å². The summed E-state index contributed by atoms with van der Waals surface area (Å²) in [4.78, 5) is 19.5. The SMILES string of the molecule is CN(CCC(=N)N)c1nc[nH]c(=O)c1Br. The van der Waals surface area contributed by atoms with Crippen LogP contribution in [0.3, 0.4) is 0 Å². The predicted octanol–water partition coefficient (Wildman–Crippen LogP) is 0.295. The highest BCUT2D eigenvalue weighted by molar-refractivity contribution is 9.10. The van der Waals surface area contributed by atoms with Gasteiger partial charge in [-0.05, 0) is 15.9 Å². The fourth-order valence-corrected chi connectivity index (χ4v) is 1.55. The van der Waals surface area contributed by atoms with Crippen molar-refractivity contribution in [3.8, 4) is 0 Å². The van der Waals surface area contributed by atoms with Gasteiger partial charge in [-0.1, -0.05) is 0 Å². The van der Waals surface area contributed by atoms with Crippen LogP contribution in [0, 0.1) is 5.41 Å². The van der Waals surface area contributed by atoms with E-state index in [1.165, 1.54) is 6.33 Å². The van der Waals surface area contributed by atoms with Gasteiger partial charge in [-0.25, -0.2) is 4.98 Å². The molecule has 0 atom stereocenters. The van der Waals surface area contributed by atoms with Crippen LogP contribution in [-0.2, 0) is 0 Å². The van der Waals surface area contributed by atoms with Gasteiger partial charge in [0.1, 0.15) is 10.3 Å². The van der Waals surface area contributed by atoms with E-state index in [2.05, 4.69) is 25.9 Å². The maximum absolute atomic E-state index is 11.2. The molecule has 1 aromatic rings. The molecule has 1 aromatic heterocycles. The van der Waals surface area contributed by atoms with Gasteiger partial charge in [0.05, 0.1) is 12.2 Å². The van der Waals surface area contributed by atoms with E-state index in [9.17, 15) is 4.79 Å². The van der Waals surface area contributed by atoms with Gasteiger partial charge in [0.15, 0.2) is 0 Å². The lowest BCUT2D eigenvalue weighted by Gasteiger charge is -2.18. The molecule has 15 heavy (non-hydrogen) atoms. The summed E-state index contributed by atoms with van der Waals surface area (Å²) in [6.45, 7) is 0.546. The third-order valence-electron chi connectivity index (χ3n) is 1.86. The van der Waals surface area contributed by atoms with Gasteiger partial charge in [0.2, 0.25) is 0 Å². The molecule has 1 rings (SSSR count). The number of rotatable bonds is 4. The Labute approximate surface area is 95.1 Å². The zero-order valence-corrected chi connectivity index (χ0v) is 9.84. The molecule has 0 aliphatic rings. The fraction of sp³-hybridized carbons (Fsp3) is 0.375. The van der Waals surface area contributed by atoms with Crippen molar-refractivity contribution >= 4 is 27.6 Å². The number of halogens is 1. The van der Waals surface area contributed by atoms with Gasteiger partial charge in [0, 0.05) is 20.0 Å². The molecule has 0 bridgehead atoms. The topological polar surface area (TPSA) is 98.9 Å². The van der Waals surface area contributed by atoms with Gasteiger partial charge < -0.3 is 15.6 Å². The first-order valence-corrected chi connectivity index (χ1v) is 5.09. The molecule has 4 N–H and O–H groups in total. The molecule has 0 aliphatic carbocycles. The van der Waals surface area contributed by atoms with Gasteiger partial charge >= 0.3 is 0 Å². The van der Waals surface area contributed by atoms with Crippen LogP contribution < -0.4 is 16.2 Å². The Morgan fingerprint density at radius 1 is 1.80 bits per heavy atom. The van der Waals surface area contributed by atoms with Crippen LogP contribution >= 0.6 is 15.9 Å². The van der Waals surface area contributed by atoms with Crippen LogP contribution in [0.1, 0.15) is 6.42 Å². The lowest BCUT2D eigenvalue weighted by atomic mass is 10.3. The zero-order valence-electron chi connectivity index (χ0n) is 8.25. The average Bonchev–Trinajstić information content (AvgIpc) is 2.18. The van der Waals surface area contributed by atoms with Crippen LogP contribution in [0.5, 0.6) is 0 Å². The van der Waals surface area contributed by atoms with E-state index in [0.717, 1.165) is 0 Å². The Balaban J connectivity index is 2.82. The quantitative estimate of drug-likeness (QED) is 0.543. The maximum Gasteiger partial charge on any atom is 0.267 e. The summed E-state index contributed by atoms with van der Waals surface area (Å²) in [5.41, 5.74) is 5.02. The summed E-state index contributed by atoms with van der Waals surface area (Å²) in [5, 5.41) is 7.10. The first-order chi connectivity index (χ1) is 7.02. The lowest BCUT2D eigenvalue weighted by Crippen LogP contribution is -2.26. The van der Waals surface area contributed by atoms with Crippen LogP contribution in [-0.4, -0.2) is 29.4 Å². The molecular weight excluding hydrogens is 262 g/mol. The molecule has 0 unspecified atom stereocenters. The van der Waals surface area contributed by atoms with E-state index in [4.69, 9.17) is 11.1 Å². The van der Waals surface area contributed by atoms with Crippen molar-refractivity contribution in [1.82, 2.24) is 9.97 Å². The first-order valence-electron chi connectivity index (χ1n) is 4.29. The standard InChI is InChI=1S/C8H12BrN5O/c1-14(3-2-5(10)11)7-6(9)8(15)13-4-12-7/h4H,2-3H2,1H3,(H3,10,11)(H,12,13,15). The molecule has 0 amide bonds. The molecule has 6 nitrogen and oxygen atoms in total. The van der Waals surface area contributed by atoms with Crippen LogP contribution in [0.2, 0.25) is 0 Å². The number of nitrogens with zero attached hydrogens (tertiary/aromatic N) is 2. The predicted molar refractivity (Wildman–Crippen MR) is 62.4 cm³/mol. The van der Waals surface area contributed by atoms with E-state index >= 15 is 0 Å². The van der Waals surface area contributed by atoms with Crippen molar-refractivity contribution in [2.75, 3.05) is 18.5 Å². The molecule has 0 fully saturated rings. The van der Waals surface area contributed by atoms with Gasteiger partial charge in [0.25, 0.3) is 5.56 Å². The summed E-state index contributed by atoms with van der Waals surface area (Å²) in [6.07, 6.45) is 1.78. The van der Waals surface area contributed by atoms with E-state index in [1.807, 2.05) is 0 Å². The molecule has 1 heterocycles. The van der Waals surface area contributed by atoms with Crippen molar-refractivity contribution in [1.29, 1.82) is 5.41 Å². The van der Waals surface area contributed by atoms with Crippen molar-refractivity contribution < 1.29 is 0 Å². The average molecular weight is 274 g/mol. The molecule has 0 aromatic carbocycles. The van der Waals surface area contributed by atoms with Crippen molar-refractivity contribution in [2.45, 2.75) is 6.42 Å². The molecule has 0 saturated heterocycles. The van der Waals surface area contributed by atoms with E-state index < -0.39 is 0 Å². The Hall–Kier alpha value is -1.37. The normalized spacial score (nSPS) is 10.0. The molecular formula is C8H12BrN5O. The van der Waals surface area contributed by atoms with Gasteiger partial charge in [-0.2, -0.15) is 0 Å². The van der Waals surface area contributed by atoms with E-state index in [0.29, 0.717) is 23.3 Å². The first kappa shape index (κ1) is 11.7. The number of aromatic nitrogens is 2. The Bertz CT molecular complexity index is 416. The number of hydrogen-bond donors (Lipinski definition) is 3. The largest absolute Gasteiger partial charge is 0.388 e. The van der Waals surface area contributed by atoms with Gasteiger partial charge in [-0.15, -0.1) is 0 Å². The monoisotopic (exact) mass is 273 g/mol. The zero-order chi connectivity index (χ0) is 11.4. The highest BCUT2D eigenvalue weighted by atomic mass is 79.9. The molecule has 0 spiro atoms. The minimum Gasteiger partial charge on any atom is -0.388 e. The smallest absolute Gasteiger partial charge is 0.267 e. The Kier molecular flexibility index (Phi) is 3.84. The number of nitrogens with one attached hydrogen (secondary N) is 2. The maximum atomic E-state index is 11.2. The second-order valence-corrected chi connectivity index (χ2v) is 3.86. The summed E-state index contributed by atoms with van der Waals surface area (Å²) in [5.74, 6) is 0.655. The second-order valence-electron chi connectivity index (χ2n) is 3.07. The number of nitrogens with two attached hydrogens (primary N) is 1. The third kappa shape index (κ3) is 3.05. The highest BCUT2D eigenvalue weighted by Gasteiger charge is 2.09. The summed E-state index contributed by atoms with van der Waals surface area (Å²) < 4.78 is 0.385. The number of aromatic amines is 1. The fourth-order valence-electron chi connectivity index (χ4n) is 1.03. The van der Waals surface area contributed by atoms with Crippen LogP contribution in [0.25, 0.3) is 0 Å². The van der Waals surface area contributed by atoms with Crippen LogP contribution in [0.15, 0.2) is 15.6 Å². The summed E-state index contributed by atoms with van der Waals surface area (Å²) in [6, 6.07) is 0. The van der Waals surface area contributed by atoms with E-state index in [-0.39, 0.29) is 11.4 Å². The number of hydrogen-bond acceptors (Lipinski definition) is 4. The second kappa shape index (κ2) is 4.92. The summed E-state index contributed by atoms with van der Waals surface area (Å²) >= 11 is 3.15. The molecule has 0 saturated carbocycles. The third-order valence-corrected chi connectivity index (χ3v) is 2.57.